The molecular weight excluding hydrogens is 376 g/mol. The van der Waals surface area contributed by atoms with Crippen molar-refractivity contribution >= 4 is 17.5 Å². The second-order valence-corrected chi connectivity index (χ2v) is 7.68. The first-order valence-corrected chi connectivity index (χ1v) is 10.1. The number of fused-ring (bicyclic) bond motifs is 1. The van der Waals surface area contributed by atoms with Gasteiger partial charge in [0, 0.05) is 18.7 Å². The normalized spacial score (nSPS) is 13.7. The summed E-state index contributed by atoms with van der Waals surface area (Å²) < 4.78 is 1.93. The number of amides is 1. The van der Waals surface area contributed by atoms with E-state index in [4.69, 9.17) is 0 Å². The van der Waals surface area contributed by atoms with Crippen molar-refractivity contribution in [2.45, 2.75) is 33.0 Å². The molecule has 0 bridgehead atoms. The fraction of sp³-hybridized carbons (Fsp3) is 0.250. The second-order valence-electron chi connectivity index (χ2n) is 7.68. The van der Waals surface area contributed by atoms with E-state index in [1.54, 1.807) is 12.1 Å². The van der Waals surface area contributed by atoms with Gasteiger partial charge in [0.15, 0.2) is 0 Å². The molecule has 1 aromatic heterocycles. The molecule has 2 aromatic carbocycles. The highest BCUT2D eigenvalue weighted by atomic mass is 16.3. The summed E-state index contributed by atoms with van der Waals surface area (Å²) >= 11 is 0. The molecule has 0 fully saturated rings. The van der Waals surface area contributed by atoms with Gasteiger partial charge in [-0.1, -0.05) is 61.2 Å². The monoisotopic (exact) mass is 402 g/mol. The van der Waals surface area contributed by atoms with Gasteiger partial charge in [-0.05, 0) is 25.0 Å². The standard InChI is InChI=1S/C24H26N4O2/c1-16(20-9-11-21(12-10-20)18(3)29)25-23(30)22-17(2)26-28-14-13-27(24(22)28)15-19-7-5-4-6-8-19/h4-12,16,29H,3,13-15H2,1-2H3,(H,25,30)/t16-/m0/s1. The van der Waals surface area contributed by atoms with Crippen molar-refractivity contribution in [3.63, 3.8) is 0 Å². The van der Waals surface area contributed by atoms with Gasteiger partial charge >= 0.3 is 0 Å². The van der Waals surface area contributed by atoms with Crippen LogP contribution < -0.4 is 10.2 Å². The molecule has 154 valence electrons. The SMILES string of the molecule is C=C(O)c1ccc([C@H](C)NC(=O)c2c(C)nn3c2N(Cc2ccccc2)CC3)cc1. The van der Waals surface area contributed by atoms with Crippen molar-refractivity contribution in [3.8, 4) is 0 Å². The maximum absolute atomic E-state index is 13.2. The number of nitrogens with zero attached hydrogens (tertiary/aromatic N) is 3. The van der Waals surface area contributed by atoms with Crippen molar-refractivity contribution < 1.29 is 9.90 Å². The lowest BCUT2D eigenvalue weighted by molar-refractivity contribution is 0.0940. The van der Waals surface area contributed by atoms with Crippen LogP contribution in [0.2, 0.25) is 0 Å². The van der Waals surface area contributed by atoms with Crippen LogP contribution in [0, 0.1) is 6.92 Å². The minimum Gasteiger partial charge on any atom is -0.508 e. The molecule has 0 radical (unpaired) electrons. The molecule has 2 heterocycles. The molecule has 1 aliphatic rings. The van der Waals surface area contributed by atoms with Gasteiger partial charge in [-0.25, -0.2) is 4.68 Å². The van der Waals surface area contributed by atoms with Crippen LogP contribution in [0.3, 0.4) is 0 Å². The molecular formula is C24H26N4O2. The molecule has 6 nitrogen and oxygen atoms in total. The lowest BCUT2D eigenvalue weighted by atomic mass is 10.0. The number of carbonyl (C=O) groups is 1. The highest BCUT2D eigenvalue weighted by Gasteiger charge is 2.30. The van der Waals surface area contributed by atoms with Crippen LogP contribution >= 0.6 is 0 Å². The number of nitrogens with one attached hydrogen (secondary N) is 1. The van der Waals surface area contributed by atoms with Gasteiger partial charge in [0.05, 0.1) is 18.3 Å². The van der Waals surface area contributed by atoms with Crippen LogP contribution in [-0.4, -0.2) is 27.3 Å². The number of benzene rings is 2. The smallest absolute Gasteiger partial charge is 0.257 e. The van der Waals surface area contributed by atoms with E-state index >= 15 is 0 Å². The predicted molar refractivity (Wildman–Crippen MR) is 118 cm³/mol. The summed E-state index contributed by atoms with van der Waals surface area (Å²) in [7, 11) is 0. The average molecular weight is 402 g/mol. The number of anilines is 1. The number of carbonyl (C=O) groups excluding carboxylic acids is 1. The highest BCUT2D eigenvalue weighted by Crippen LogP contribution is 2.30. The van der Waals surface area contributed by atoms with Gasteiger partial charge in [-0.3, -0.25) is 4.79 Å². The van der Waals surface area contributed by atoms with Gasteiger partial charge in [0.1, 0.15) is 17.1 Å². The lowest BCUT2D eigenvalue weighted by Gasteiger charge is -2.20. The van der Waals surface area contributed by atoms with E-state index in [1.165, 1.54) is 5.56 Å². The summed E-state index contributed by atoms with van der Waals surface area (Å²) in [6.45, 7) is 9.72. The Hall–Kier alpha value is -3.54. The number of aromatic nitrogens is 2. The second kappa shape index (κ2) is 8.06. The molecule has 1 atom stereocenters. The maximum atomic E-state index is 13.2. The highest BCUT2D eigenvalue weighted by molar-refractivity contribution is 6.00. The summed E-state index contributed by atoms with van der Waals surface area (Å²) in [4.78, 5) is 15.4. The van der Waals surface area contributed by atoms with Crippen LogP contribution in [0.25, 0.3) is 5.76 Å². The van der Waals surface area contributed by atoms with Gasteiger partial charge < -0.3 is 15.3 Å². The molecule has 0 saturated heterocycles. The molecule has 2 N–H and O–H groups in total. The van der Waals surface area contributed by atoms with Gasteiger partial charge in [-0.2, -0.15) is 5.10 Å². The Morgan fingerprint density at radius 2 is 1.87 bits per heavy atom. The van der Waals surface area contributed by atoms with E-state index in [0.29, 0.717) is 11.1 Å². The van der Waals surface area contributed by atoms with Crippen LogP contribution in [0.4, 0.5) is 5.82 Å². The number of aliphatic hydroxyl groups is 1. The first kappa shape index (κ1) is 19.8. The van der Waals surface area contributed by atoms with Crippen molar-refractivity contribution in [1.29, 1.82) is 0 Å². The number of aryl methyl sites for hydroxylation is 1. The zero-order valence-corrected chi connectivity index (χ0v) is 17.3. The van der Waals surface area contributed by atoms with Crippen LogP contribution in [0.1, 0.15) is 45.7 Å². The first-order valence-electron chi connectivity index (χ1n) is 10.1. The fourth-order valence-corrected chi connectivity index (χ4v) is 3.91. The number of hydrogen-bond acceptors (Lipinski definition) is 4. The zero-order chi connectivity index (χ0) is 21.3. The lowest BCUT2D eigenvalue weighted by Crippen LogP contribution is -2.29. The topological polar surface area (TPSA) is 70.4 Å². The third kappa shape index (κ3) is 3.81. The molecule has 1 amide bonds. The van der Waals surface area contributed by atoms with Crippen molar-refractivity contribution in [2.24, 2.45) is 0 Å². The number of aliphatic hydroxyl groups excluding tert-OH is 1. The summed E-state index contributed by atoms with van der Waals surface area (Å²) in [5, 5.41) is 17.2. The minimum absolute atomic E-state index is 0.0304. The Morgan fingerprint density at radius 3 is 2.53 bits per heavy atom. The van der Waals surface area contributed by atoms with Crippen LogP contribution in [0.15, 0.2) is 61.2 Å². The third-order valence-electron chi connectivity index (χ3n) is 5.52. The van der Waals surface area contributed by atoms with E-state index < -0.39 is 0 Å². The Kier molecular flexibility index (Phi) is 5.31. The molecule has 0 spiro atoms. The molecule has 0 unspecified atom stereocenters. The quantitative estimate of drug-likeness (QED) is 0.606. The van der Waals surface area contributed by atoms with E-state index in [1.807, 2.05) is 48.9 Å². The van der Waals surface area contributed by atoms with E-state index in [-0.39, 0.29) is 17.7 Å². The summed E-state index contributed by atoms with van der Waals surface area (Å²) in [6.07, 6.45) is 0. The van der Waals surface area contributed by atoms with Crippen molar-refractivity contribution in [1.82, 2.24) is 15.1 Å². The Balaban J connectivity index is 1.54. The zero-order valence-electron chi connectivity index (χ0n) is 17.3. The van der Waals surface area contributed by atoms with E-state index in [9.17, 15) is 9.90 Å². The van der Waals surface area contributed by atoms with E-state index in [2.05, 4.69) is 34.0 Å². The summed E-state index contributed by atoms with van der Waals surface area (Å²) in [5.74, 6) is 0.785. The number of hydrogen-bond donors (Lipinski definition) is 2. The molecule has 4 rings (SSSR count). The average Bonchev–Trinajstić information content (AvgIpc) is 3.27. The number of rotatable bonds is 6. The van der Waals surface area contributed by atoms with Gasteiger partial charge in [-0.15, -0.1) is 0 Å². The first-order chi connectivity index (χ1) is 14.4. The molecule has 0 aliphatic carbocycles. The molecule has 0 saturated carbocycles. The third-order valence-corrected chi connectivity index (χ3v) is 5.52. The maximum Gasteiger partial charge on any atom is 0.257 e. The van der Waals surface area contributed by atoms with Crippen molar-refractivity contribution in [3.05, 3.63) is 89.1 Å². The molecule has 1 aliphatic heterocycles. The largest absolute Gasteiger partial charge is 0.508 e. The van der Waals surface area contributed by atoms with Gasteiger partial charge in [0.2, 0.25) is 0 Å². The Labute approximate surface area is 176 Å². The van der Waals surface area contributed by atoms with E-state index in [0.717, 1.165) is 36.7 Å². The predicted octanol–water partition coefficient (Wildman–Crippen LogP) is 4.23. The molecule has 6 heteroatoms. The van der Waals surface area contributed by atoms with Gasteiger partial charge in [0.25, 0.3) is 5.91 Å². The Morgan fingerprint density at radius 1 is 1.17 bits per heavy atom. The molecule has 3 aromatic rings. The Bertz CT molecular complexity index is 1070. The van der Waals surface area contributed by atoms with Crippen LogP contribution in [0.5, 0.6) is 0 Å². The summed E-state index contributed by atoms with van der Waals surface area (Å²) in [6, 6.07) is 17.4. The van der Waals surface area contributed by atoms with Crippen molar-refractivity contribution in [2.75, 3.05) is 11.4 Å². The molecule has 30 heavy (non-hydrogen) atoms. The van der Waals surface area contributed by atoms with Crippen LogP contribution in [-0.2, 0) is 13.1 Å². The summed E-state index contributed by atoms with van der Waals surface area (Å²) in [5.41, 5.74) is 4.19. The minimum atomic E-state index is -0.183. The fourth-order valence-electron chi connectivity index (χ4n) is 3.91.